The fourth-order valence-corrected chi connectivity index (χ4v) is 4.66. The molecular weight excluding hydrogens is 556 g/mol. The highest BCUT2D eigenvalue weighted by atomic mass is 79.9. The molecule has 188 valence electrons. The molecule has 5 atom stereocenters. The van der Waals surface area contributed by atoms with Crippen molar-refractivity contribution >= 4 is 44.4 Å². The third-order valence-corrected chi connectivity index (χ3v) is 7.14. The Bertz CT molecular complexity index is 1340. The Morgan fingerprint density at radius 1 is 1.31 bits per heavy atom. The molecule has 0 fully saturated rings. The Balaban J connectivity index is 1.86. The lowest BCUT2D eigenvalue weighted by Gasteiger charge is -2.40. The van der Waals surface area contributed by atoms with Crippen LogP contribution in [0.5, 0.6) is 0 Å². The van der Waals surface area contributed by atoms with Gasteiger partial charge in [0.05, 0.1) is 29.2 Å². The maximum Gasteiger partial charge on any atom is 0.370 e. The van der Waals surface area contributed by atoms with Crippen LogP contribution in [0.4, 0.5) is 0 Å². The molecule has 1 aliphatic rings. The molecule has 0 spiro atoms. The van der Waals surface area contributed by atoms with Crippen molar-refractivity contribution in [2.45, 2.75) is 36.9 Å². The van der Waals surface area contributed by atoms with Gasteiger partial charge in [0.25, 0.3) is 0 Å². The molecule has 0 radical (unpaired) electrons. The van der Waals surface area contributed by atoms with Crippen LogP contribution in [0.2, 0.25) is 5.02 Å². The van der Waals surface area contributed by atoms with Crippen LogP contribution in [-0.4, -0.2) is 67.1 Å². The number of nitrogens with zero attached hydrogens (tertiary/aromatic N) is 3. The van der Waals surface area contributed by atoms with Crippen LogP contribution >= 0.6 is 27.5 Å². The van der Waals surface area contributed by atoms with Crippen molar-refractivity contribution < 1.29 is 30.0 Å². The minimum atomic E-state index is -1.66. The van der Waals surface area contributed by atoms with E-state index in [9.17, 15) is 30.5 Å². The van der Waals surface area contributed by atoms with E-state index in [1.54, 1.807) is 12.1 Å². The largest absolute Gasteiger partial charge is 0.479 e. The number of aliphatic hydroxyl groups is 3. The summed E-state index contributed by atoms with van der Waals surface area (Å²) in [4.78, 5) is 11.9. The molecule has 0 aliphatic carbocycles. The molecule has 1 aromatic heterocycles. The highest BCUT2D eigenvalue weighted by Gasteiger charge is 2.44. The lowest BCUT2D eigenvalue weighted by molar-refractivity contribution is -0.146. The number of rotatable bonds is 8. The lowest BCUT2D eigenvalue weighted by Crippen LogP contribution is -2.57. The summed E-state index contributed by atoms with van der Waals surface area (Å²) in [6.07, 6.45) is -3.28. The average Bonchev–Trinajstić information content (AvgIpc) is 3.23. The Kier molecular flexibility index (Phi) is 7.94. The second-order valence-electron chi connectivity index (χ2n) is 8.23. The van der Waals surface area contributed by atoms with Crippen molar-refractivity contribution in [2.24, 2.45) is 0 Å². The van der Waals surface area contributed by atoms with Gasteiger partial charge in [-0.25, -0.2) is 9.48 Å². The summed E-state index contributed by atoms with van der Waals surface area (Å²) < 4.78 is 7.51. The van der Waals surface area contributed by atoms with Gasteiger partial charge in [0.1, 0.15) is 30.1 Å². The van der Waals surface area contributed by atoms with Gasteiger partial charge in [-0.3, -0.25) is 0 Å². The monoisotopic (exact) mass is 576 g/mol. The van der Waals surface area contributed by atoms with Gasteiger partial charge in [0.15, 0.2) is 0 Å². The van der Waals surface area contributed by atoms with Crippen LogP contribution in [0.1, 0.15) is 17.3 Å². The molecule has 12 heteroatoms. The SMILES string of the molecule is N#Cc1c2cc(Br)c(Cl)cc2nn1[C@H]1C=C(C(=O)O)O[C@@H]([C@H](O)[C@H](O)CO)[C@@H]1NCc1ccccc1. The standard InChI is InChI=1S/C24H22BrClN4O6/c25-14-6-13-16(7-15(14)26)29-30(18(13)9-27)17-8-20(24(34)35)36-23(22(33)19(32)11-31)21(17)28-10-12-4-2-1-3-5-12/h1-8,17,19,21-23,28,31-33H,10-11H2,(H,34,35)/t17-,19+,21+,22+,23+/m0/s1. The molecule has 0 unspecified atom stereocenters. The molecule has 0 saturated carbocycles. The first-order valence-electron chi connectivity index (χ1n) is 10.9. The summed E-state index contributed by atoms with van der Waals surface area (Å²) in [5.41, 5.74) is 1.44. The number of aromatic nitrogens is 2. The highest BCUT2D eigenvalue weighted by Crippen LogP contribution is 2.35. The molecule has 5 N–H and O–H groups in total. The number of hydrogen-bond acceptors (Lipinski definition) is 8. The topological polar surface area (TPSA) is 161 Å². The summed E-state index contributed by atoms with van der Waals surface area (Å²) in [6, 6.07) is 12.9. The zero-order chi connectivity index (χ0) is 26.0. The highest BCUT2D eigenvalue weighted by molar-refractivity contribution is 9.10. The van der Waals surface area contributed by atoms with E-state index >= 15 is 0 Å². The molecule has 0 saturated heterocycles. The summed E-state index contributed by atoms with van der Waals surface area (Å²) in [6.45, 7) is -0.481. The van der Waals surface area contributed by atoms with Crippen molar-refractivity contribution in [3.05, 3.63) is 75.1 Å². The summed E-state index contributed by atoms with van der Waals surface area (Å²) in [5, 5.41) is 58.7. The number of aliphatic carboxylic acids is 1. The fourth-order valence-electron chi connectivity index (χ4n) is 4.16. The quantitative estimate of drug-likeness (QED) is 0.270. The third kappa shape index (κ3) is 5.10. The predicted molar refractivity (Wildman–Crippen MR) is 133 cm³/mol. The number of halogens is 2. The molecule has 10 nitrogen and oxygen atoms in total. The lowest BCUT2D eigenvalue weighted by atomic mass is 9.91. The first kappa shape index (κ1) is 26.1. The molecule has 2 heterocycles. The van der Waals surface area contributed by atoms with E-state index in [1.165, 1.54) is 10.8 Å². The maximum atomic E-state index is 11.9. The van der Waals surface area contributed by atoms with E-state index in [1.807, 2.05) is 30.3 Å². The molecular formula is C24H22BrClN4O6. The first-order valence-corrected chi connectivity index (χ1v) is 12.1. The predicted octanol–water partition coefficient (Wildman–Crippen LogP) is 2.10. The van der Waals surface area contributed by atoms with Crippen LogP contribution in [0.15, 0.2) is 58.8 Å². The van der Waals surface area contributed by atoms with Crippen LogP contribution in [0.3, 0.4) is 0 Å². The van der Waals surface area contributed by atoms with E-state index < -0.39 is 48.7 Å². The molecule has 2 aromatic carbocycles. The molecule has 0 amide bonds. The number of ether oxygens (including phenoxy) is 1. The number of nitriles is 1. The Hall–Kier alpha value is -2.98. The van der Waals surface area contributed by atoms with Crippen molar-refractivity contribution in [2.75, 3.05) is 6.61 Å². The van der Waals surface area contributed by atoms with Gasteiger partial charge in [0, 0.05) is 16.4 Å². The van der Waals surface area contributed by atoms with Gasteiger partial charge in [-0.1, -0.05) is 41.9 Å². The summed E-state index contributed by atoms with van der Waals surface area (Å²) in [5.74, 6) is -1.90. The van der Waals surface area contributed by atoms with Crippen LogP contribution < -0.4 is 5.32 Å². The normalized spacial score (nSPS) is 21.3. The number of aliphatic hydroxyl groups excluding tert-OH is 3. The van der Waals surface area contributed by atoms with E-state index in [0.29, 0.717) is 26.9 Å². The van der Waals surface area contributed by atoms with Crippen LogP contribution in [0, 0.1) is 11.3 Å². The maximum absolute atomic E-state index is 11.9. The molecule has 3 aromatic rings. The van der Waals surface area contributed by atoms with Gasteiger partial charge in [-0.2, -0.15) is 10.4 Å². The Labute approximate surface area is 219 Å². The molecule has 1 aliphatic heterocycles. The molecule has 4 rings (SSSR count). The van der Waals surface area contributed by atoms with Gasteiger partial charge in [0.2, 0.25) is 5.76 Å². The van der Waals surface area contributed by atoms with E-state index in [2.05, 4.69) is 32.4 Å². The van der Waals surface area contributed by atoms with Gasteiger partial charge in [-0.15, -0.1) is 0 Å². The fraction of sp³-hybridized carbons (Fsp3) is 0.292. The first-order chi connectivity index (χ1) is 17.2. The van der Waals surface area contributed by atoms with E-state index in [4.69, 9.17) is 16.3 Å². The number of carboxylic acid groups (broad SMARTS) is 1. The Morgan fingerprint density at radius 2 is 2.03 bits per heavy atom. The number of fused-ring (bicyclic) bond motifs is 1. The van der Waals surface area contributed by atoms with Gasteiger partial charge >= 0.3 is 5.97 Å². The van der Waals surface area contributed by atoms with E-state index in [-0.39, 0.29) is 5.69 Å². The smallest absolute Gasteiger partial charge is 0.370 e. The number of benzene rings is 2. The van der Waals surface area contributed by atoms with Crippen LogP contribution in [0.25, 0.3) is 10.9 Å². The molecule has 36 heavy (non-hydrogen) atoms. The second kappa shape index (κ2) is 11.0. The zero-order valence-corrected chi connectivity index (χ0v) is 21.0. The molecule has 0 bridgehead atoms. The third-order valence-electron chi connectivity index (χ3n) is 5.95. The number of hydrogen-bond donors (Lipinski definition) is 5. The minimum Gasteiger partial charge on any atom is -0.479 e. The number of carboxylic acids is 1. The van der Waals surface area contributed by atoms with Crippen molar-refractivity contribution in [3.8, 4) is 6.07 Å². The van der Waals surface area contributed by atoms with Crippen LogP contribution in [-0.2, 0) is 16.1 Å². The number of nitrogens with one attached hydrogen (secondary N) is 1. The summed E-state index contributed by atoms with van der Waals surface area (Å²) >= 11 is 9.56. The van der Waals surface area contributed by atoms with Crippen molar-refractivity contribution in [3.63, 3.8) is 0 Å². The van der Waals surface area contributed by atoms with Gasteiger partial charge < -0.3 is 30.5 Å². The van der Waals surface area contributed by atoms with Gasteiger partial charge in [-0.05, 0) is 39.7 Å². The second-order valence-corrected chi connectivity index (χ2v) is 9.49. The average molecular weight is 578 g/mol. The van der Waals surface area contributed by atoms with E-state index in [0.717, 1.165) is 5.56 Å². The zero-order valence-electron chi connectivity index (χ0n) is 18.6. The minimum absolute atomic E-state index is 0.137. The Morgan fingerprint density at radius 3 is 2.67 bits per heavy atom. The van der Waals surface area contributed by atoms with Crippen molar-refractivity contribution in [1.82, 2.24) is 15.1 Å². The van der Waals surface area contributed by atoms with Crippen molar-refractivity contribution in [1.29, 1.82) is 5.26 Å². The number of carbonyl (C=O) groups is 1. The summed E-state index contributed by atoms with van der Waals surface area (Å²) in [7, 11) is 0.